The number of ether oxygens (including phenoxy) is 1. The molecule has 22 heavy (non-hydrogen) atoms. The van der Waals surface area contributed by atoms with E-state index in [1.54, 1.807) is 37.4 Å². The van der Waals surface area contributed by atoms with Gasteiger partial charge in [0.1, 0.15) is 6.61 Å². The number of carbonyl (C=O) groups is 1. The van der Waals surface area contributed by atoms with Crippen molar-refractivity contribution in [1.29, 1.82) is 5.26 Å². The second-order valence-corrected chi connectivity index (χ2v) is 5.11. The van der Waals surface area contributed by atoms with Crippen LogP contribution in [-0.4, -0.2) is 19.6 Å². The molecule has 0 saturated heterocycles. The Morgan fingerprint density at radius 2 is 2.05 bits per heavy atom. The summed E-state index contributed by atoms with van der Waals surface area (Å²) in [7, 11) is 1.65. The van der Waals surface area contributed by atoms with Gasteiger partial charge < -0.3 is 9.64 Å². The Morgan fingerprint density at radius 1 is 1.27 bits per heavy atom. The molecule has 0 unspecified atom stereocenters. The third-order valence-electron chi connectivity index (χ3n) is 3.18. The summed E-state index contributed by atoms with van der Waals surface area (Å²) in [5.41, 5.74) is 2.01. The molecule has 1 amide bonds. The highest BCUT2D eigenvalue weighted by Crippen LogP contribution is 2.17. The zero-order valence-electron chi connectivity index (χ0n) is 12.1. The van der Waals surface area contributed by atoms with E-state index in [1.165, 1.54) is 4.90 Å². The summed E-state index contributed by atoms with van der Waals surface area (Å²) >= 11 is 6.03. The van der Waals surface area contributed by atoms with Crippen molar-refractivity contribution in [3.8, 4) is 6.07 Å². The fourth-order valence-corrected chi connectivity index (χ4v) is 2.08. The first-order chi connectivity index (χ1) is 10.6. The second-order valence-electron chi connectivity index (χ2n) is 4.70. The lowest BCUT2D eigenvalue weighted by atomic mass is 10.2. The van der Waals surface area contributed by atoms with Crippen LogP contribution < -0.4 is 4.90 Å². The maximum absolute atomic E-state index is 12.1. The van der Waals surface area contributed by atoms with Crippen molar-refractivity contribution in [2.75, 3.05) is 18.6 Å². The molecule has 0 radical (unpaired) electrons. The second kappa shape index (κ2) is 7.60. The van der Waals surface area contributed by atoms with E-state index < -0.39 is 0 Å². The summed E-state index contributed by atoms with van der Waals surface area (Å²) in [6.07, 6.45) is 0. The Kier molecular flexibility index (Phi) is 5.54. The van der Waals surface area contributed by atoms with Crippen LogP contribution in [0.25, 0.3) is 0 Å². The molecule has 0 atom stereocenters. The number of likely N-dealkylation sites (N-methyl/N-ethyl adjacent to an activating group) is 1. The maximum Gasteiger partial charge on any atom is 0.252 e. The highest BCUT2D eigenvalue weighted by Gasteiger charge is 2.12. The maximum atomic E-state index is 12.1. The molecule has 0 N–H and O–H groups in total. The fraction of sp³-hybridized carbons (Fsp3) is 0.176. The number of rotatable bonds is 5. The smallest absolute Gasteiger partial charge is 0.252 e. The fourth-order valence-electron chi connectivity index (χ4n) is 1.89. The number of hydrogen-bond acceptors (Lipinski definition) is 3. The zero-order chi connectivity index (χ0) is 15.9. The molecule has 2 aromatic rings. The number of halogens is 1. The summed E-state index contributed by atoms with van der Waals surface area (Å²) in [6.45, 7) is 0.218. The van der Waals surface area contributed by atoms with Crippen molar-refractivity contribution >= 4 is 23.2 Å². The zero-order valence-corrected chi connectivity index (χ0v) is 12.9. The Bertz CT molecular complexity index is 710. The van der Waals surface area contributed by atoms with Crippen molar-refractivity contribution in [3.63, 3.8) is 0 Å². The molecular weight excluding hydrogens is 300 g/mol. The van der Waals surface area contributed by atoms with Crippen molar-refractivity contribution in [3.05, 3.63) is 64.7 Å². The van der Waals surface area contributed by atoms with E-state index in [0.29, 0.717) is 16.3 Å². The average molecular weight is 315 g/mol. The number of anilines is 1. The van der Waals surface area contributed by atoms with E-state index in [-0.39, 0.29) is 19.1 Å². The minimum Gasteiger partial charge on any atom is -0.367 e. The quantitative estimate of drug-likeness (QED) is 0.850. The first-order valence-electron chi connectivity index (χ1n) is 6.69. The molecule has 2 aromatic carbocycles. The predicted octanol–water partition coefficient (Wildman–Crippen LogP) is 3.39. The van der Waals surface area contributed by atoms with E-state index in [9.17, 15) is 4.79 Å². The third kappa shape index (κ3) is 4.08. The van der Waals surface area contributed by atoms with Gasteiger partial charge in [0.05, 0.1) is 18.2 Å². The molecule has 0 aromatic heterocycles. The highest BCUT2D eigenvalue weighted by molar-refractivity contribution is 6.31. The van der Waals surface area contributed by atoms with E-state index in [1.807, 2.05) is 24.3 Å². The SMILES string of the molecule is CN(C(=O)COCc1ccccc1Cl)c1cccc(C#N)c1. The van der Waals surface area contributed by atoms with Gasteiger partial charge in [-0.1, -0.05) is 35.9 Å². The molecule has 0 bridgehead atoms. The Hall–Kier alpha value is -2.35. The van der Waals surface area contributed by atoms with Gasteiger partial charge in [0.25, 0.3) is 5.91 Å². The van der Waals surface area contributed by atoms with Crippen molar-refractivity contribution in [2.45, 2.75) is 6.61 Å². The molecule has 5 heteroatoms. The number of carbonyl (C=O) groups excluding carboxylic acids is 1. The van der Waals surface area contributed by atoms with Crippen LogP contribution in [0.1, 0.15) is 11.1 Å². The molecule has 2 rings (SSSR count). The van der Waals surface area contributed by atoms with Gasteiger partial charge in [-0.2, -0.15) is 5.26 Å². The lowest BCUT2D eigenvalue weighted by molar-refractivity contribution is -0.123. The van der Waals surface area contributed by atoms with E-state index in [0.717, 1.165) is 5.56 Å². The van der Waals surface area contributed by atoms with Gasteiger partial charge in [-0.25, -0.2) is 0 Å². The Balaban J connectivity index is 1.92. The van der Waals surface area contributed by atoms with Crippen LogP contribution >= 0.6 is 11.6 Å². The largest absolute Gasteiger partial charge is 0.367 e. The average Bonchev–Trinajstić information content (AvgIpc) is 2.55. The van der Waals surface area contributed by atoms with Gasteiger partial charge in [0.15, 0.2) is 0 Å². The molecule has 0 saturated carbocycles. The van der Waals surface area contributed by atoms with Crippen LogP contribution in [0.15, 0.2) is 48.5 Å². The first-order valence-corrected chi connectivity index (χ1v) is 7.07. The van der Waals surface area contributed by atoms with Crippen LogP contribution in [0.4, 0.5) is 5.69 Å². The lowest BCUT2D eigenvalue weighted by Crippen LogP contribution is -2.30. The molecule has 0 aliphatic rings. The van der Waals surface area contributed by atoms with Gasteiger partial charge in [0.2, 0.25) is 0 Å². The molecule has 112 valence electrons. The summed E-state index contributed by atoms with van der Waals surface area (Å²) < 4.78 is 5.42. The van der Waals surface area contributed by atoms with E-state index in [4.69, 9.17) is 21.6 Å². The molecule has 0 fully saturated rings. The lowest BCUT2D eigenvalue weighted by Gasteiger charge is -2.17. The van der Waals surface area contributed by atoms with E-state index >= 15 is 0 Å². The molecule has 0 aliphatic carbocycles. The van der Waals surface area contributed by atoms with Crippen LogP contribution in [0, 0.1) is 11.3 Å². The van der Waals surface area contributed by atoms with Gasteiger partial charge in [-0.05, 0) is 29.8 Å². The molecular formula is C17H15ClN2O2. The summed E-state index contributed by atoms with van der Waals surface area (Å²) in [6, 6.07) is 16.2. The topological polar surface area (TPSA) is 53.3 Å². The normalized spacial score (nSPS) is 10.0. The summed E-state index contributed by atoms with van der Waals surface area (Å²) in [5, 5.41) is 9.50. The Labute approximate surface area is 134 Å². The van der Waals surface area contributed by atoms with Crippen LogP contribution in [0.2, 0.25) is 5.02 Å². The first kappa shape index (κ1) is 16.0. The minimum absolute atomic E-state index is 0.0570. The van der Waals surface area contributed by atoms with Crippen LogP contribution in [0.3, 0.4) is 0 Å². The molecule has 0 heterocycles. The van der Waals surface area contributed by atoms with Gasteiger partial charge >= 0.3 is 0 Å². The molecule has 0 aliphatic heterocycles. The Morgan fingerprint density at radius 3 is 2.77 bits per heavy atom. The number of amides is 1. The van der Waals surface area contributed by atoms with Gasteiger partial charge in [-0.3, -0.25) is 4.79 Å². The van der Waals surface area contributed by atoms with Gasteiger partial charge in [-0.15, -0.1) is 0 Å². The summed E-state index contributed by atoms with van der Waals surface area (Å²) in [5.74, 6) is -0.192. The number of nitrogens with zero attached hydrogens (tertiary/aromatic N) is 2. The number of hydrogen-bond donors (Lipinski definition) is 0. The van der Waals surface area contributed by atoms with Crippen molar-refractivity contribution in [1.82, 2.24) is 0 Å². The number of nitriles is 1. The summed E-state index contributed by atoms with van der Waals surface area (Å²) in [4.78, 5) is 13.6. The highest BCUT2D eigenvalue weighted by atomic mass is 35.5. The predicted molar refractivity (Wildman–Crippen MR) is 85.7 cm³/mol. The van der Waals surface area contributed by atoms with E-state index in [2.05, 4.69) is 0 Å². The number of benzene rings is 2. The monoisotopic (exact) mass is 314 g/mol. The van der Waals surface area contributed by atoms with Crippen LogP contribution in [-0.2, 0) is 16.1 Å². The standard InChI is InChI=1S/C17H15ClN2O2/c1-20(15-7-4-5-13(9-15)10-19)17(21)12-22-11-14-6-2-3-8-16(14)18/h2-9H,11-12H2,1H3. The van der Waals surface area contributed by atoms with Crippen molar-refractivity contribution in [2.24, 2.45) is 0 Å². The molecule has 4 nitrogen and oxygen atoms in total. The van der Waals surface area contributed by atoms with Crippen LogP contribution in [0.5, 0.6) is 0 Å². The molecule has 0 spiro atoms. The minimum atomic E-state index is -0.192. The van der Waals surface area contributed by atoms with Gasteiger partial charge in [0, 0.05) is 17.8 Å². The third-order valence-corrected chi connectivity index (χ3v) is 3.55. The van der Waals surface area contributed by atoms with Crippen molar-refractivity contribution < 1.29 is 9.53 Å².